The van der Waals surface area contributed by atoms with Gasteiger partial charge in [-0.05, 0) is 25.1 Å². The van der Waals surface area contributed by atoms with Gasteiger partial charge in [-0.15, -0.1) is 11.8 Å². The summed E-state index contributed by atoms with van der Waals surface area (Å²) in [5, 5.41) is -0.369. The summed E-state index contributed by atoms with van der Waals surface area (Å²) >= 11 is 1.43. The van der Waals surface area contributed by atoms with Crippen molar-refractivity contribution >= 4 is 29.6 Å². The molecule has 144 valence electrons. The largest absolute Gasteiger partial charge is 0.466 e. The van der Waals surface area contributed by atoms with Crippen molar-refractivity contribution in [1.82, 2.24) is 4.90 Å². The second-order valence-electron chi connectivity index (χ2n) is 5.93. The molecule has 0 aliphatic carbocycles. The molecule has 0 aromatic carbocycles. The number of hydrogen-bond donors (Lipinski definition) is 0. The Labute approximate surface area is 159 Å². The van der Waals surface area contributed by atoms with Gasteiger partial charge >= 0.3 is 11.9 Å². The molecule has 8 nitrogen and oxygen atoms in total. The van der Waals surface area contributed by atoms with Crippen molar-refractivity contribution < 1.29 is 32.7 Å². The summed E-state index contributed by atoms with van der Waals surface area (Å²) in [4.78, 5) is 37.7. The van der Waals surface area contributed by atoms with E-state index in [-0.39, 0.29) is 23.5 Å². The third-order valence-electron chi connectivity index (χ3n) is 4.15. The molecule has 27 heavy (non-hydrogen) atoms. The normalized spacial score (nSPS) is 19.1. The first kappa shape index (κ1) is 19.1. The number of carbonyl (C=O) groups is 3. The van der Waals surface area contributed by atoms with Crippen LogP contribution in [0.4, 0.5) is 0 Å². The Morgan fingerprint density at radius 1 is 1.37 bits per heavy atom. The fourth-order valence-corrected chi connectivity index (χ4v) is 4.31. The molecule has 0 N–H and O–H groups in total. The average Bonchev–Trinajstić information content (AvgIpc) is 3.37. The van der Waals surface area contributed by atoms with E-state index < -0.39 is 18.0 Å². The van der Waals surface area contributed by atoms with E-state index in [4.69, 9.17) is 13.6 Å². The lowest BCUT2D eigenvalue weighted by atomic mass is 10.2. The van der Waals surface area contributed by atoms with Crippen LogP contribution >= 0.6 is 11.8 Å². The highest BCUT2D eigenvalue weighted by molar-refractivity contribution is 7.99. The van der Waals surface area contributed by atoms with Gasteiger partial charge < -0.3 is 23.2 Å². The third kappa shape index (κ3) is 3.87. The highest BCUT2D eigenvalue weighted by atomic mass is 32.2. The van der Waals surface area contributed by atoms with Crippen molar-refractivity contribution in [2.45, 2.75) is 31.9 Å². The van der Waals surface area contributed by atoms with Gasteiger partial charge in [0.1, 0.15) is 40.9 Å². The molecule has 2 atom stereocenters. The first-order valence-electron chi connectivity index (χ1n) is 8.20. The van der Waals surface area contributed by atoms with Crippen LogP contribution in [0.25, 0.3) is 0 Å². The van der Waals surface area contributed by atoms with Crippen LogP contribution in [-0.2, 0) is 25.7 Å². The molecule has 0 radical (unpaired) electrons. The summed E-state index contributed by atoms with van der Waals surface area (Å²) in [6.45, 7) is 2.88. The smallest absolute Gasteiger partial charge is 0.341 e. The van der Waals surface area contributed by atoms with Crippen molar-refractivity contribution in [1.29, 1.82) is 0 Å². The highest BCUT2D eigenvalue weighted by Crippen LogP contribution is 2.41. The van der Waals surface area contributed by atoms with Gasteiger partial charge in [0.05, 0.1) is 13.4 Å². The Kier molecular flexibility index (Phi) is 5.59. The van der Waals surface area contributed by atoms with E-state index in [1.165, 1.54) is 43.0 Å². The van der Waals surface area contributed by atoms with Gasteiger partial charge in [0.15, 0.2) is 0 Å². The van der Waals surface area contributed by atoms with Crippen LogP contribution in [0, 0.1) is 6.92 Å². The maximum atomic E-state index is 12.5. The molecule has 3 rings (SSSR count). The van der Waals surface area contributed by atoms with Gasteiger partial charge in [0, 0.05) is 12.7 Å². The van der Waals surface area contributed by atoms with Crippen LogP contribution in [0.5, 0.6) is 0 Å². The first-order chi connectivity index (χ1) is 12.9. The molecule has 0 saturated carbocycles. The standard InChI is InChI=1S/C18H19NO7S/c1-10-13(17(21)23-3)7-12(26-10)8-25-18(22)14-9-27-16(19(14)11(2)20)15-5-4-6-24-15/h4-7,14,16H,8-9H2,1-3H3/t14-,16+/m1/s1. The number of esters is 2. The van der Waals surface area contributed by atoms with Crippen molar-refractivity contribution in [2.24, 2.45) is 0 Å². The number of carbonyl (C=O) groups excluding carboxylic acids is 3. The Hall–Kier alpha value is -2.68. The summed E-state index contributed by atoms with van der Waals surface area (Å²) < 4.78 is 20.8. The summed E-state index contributed by atoms with van der Waals surface area (Å²) in [6.07, 6.45) is 1.53. The minimum absolute atomic E-state index is 0.144. The molecule has 1 aliphatic rings. The average molecular weight is 393 g/mol. The van der Waals surface area contributed by atoms with Crippen LogP contribution in [0.3, 0.4) is 0 Å². The Bertz CT molecular complexity index is 842. The molecule has 9 heteroatoms. The van der Waals surface area contributed by atoms with E-state index in [0.29, 0.717) is 23.0 Å². The SMILES string of the molecule is COC(=O)c1cc(COC(=O)[C@H]2CS[C@@H](c3ccco3)N2C(C)=O)oc1C. The predicted molar refractivity (Wildman–Crippen MR) is 94.8 cm³/mol. The predicted octanol–water partition coefficient (Wildman–Crippen LogP) is 2.67. The number of hydrogen-bond acceptors (Lipinski definition) is 8. The molecular formula is C18H19NO7S. The summed E-state index contributed by atoms with van der Waals surface area (Å²) in [7, 11) is 1.28. The van der Waals surface area contributed by atoms with Crippen molar-refractivity contribution in [3.63, 3.8) is 0 Å². The molecule has 1 amide bonds. The van der Waals surface area contributed by atoms with Crippen LogP contribution in [0.1, 0.15) is 39.9 Å². The quantitative estimate of drug-likeness (QED) is 0.715. The minimum atomic E-state index is -0.723. The number of aryl methyl sites for hydroxylation is 1. The summed E-state index contributed by atoms with van der Waals surface area (Å²) in [5.41, 5.74) is 0.281. The molecule has 1 saturated heterocycles. The number of nitrogens with zero attached hydrogens (tertiary/aromatic N) is 1. The highest BCUT2D eigenvalue weighted by Gasteiger charge is 2.43. The lowest BCUT2D eigenvalue weighted by Gasteiger charge is -2.25. The monoisotopic (exact) mass is 393 g/mol. The molecule has 3 heterocycles. The van der Waals surface area contributed by atoms with Crippen molar-refractivity contribution in [3.8, 4) is 0 Å². The second kappa shape index (κ2) is 7.91. The lowest BCUT2D eigenvalue weighted by molar-refractivity contribution is -0.155. The van der Waals surface area contributed by atoms with E-state index in [9.17, 15) is 14.4 Å². The van der Waals surface area contributed by atoms with E-state index in [2.05, 4.69) is 4.74 Å². The van der Waals surface area contributed by atoms with Crippen molar-refractivity contribution in [3.05, 3.63) is 47.3 Å². The van der Waals surface area contributed by atoms with E-state index in [1.54, 1.807) is 19.1 Å². The Morgan fingerprint density at radius 2 is 2.15 bits per heavy atom. The summed E-state index contributed by atoms with van der Waals surface area (Å²) in [5.74, 6) is 0.399. The van der Waals surface area contributed by atoms with Crippen LogP contribution in [0.2, 0.25) is 0 Å². The number of thioether (sulfide) groups is 1. The number of methoxy groups -OCH3 is 1. The summed E-state index contributed by atoms with van der Waals surface area (Å²) in [6, 6.07) is 4.25. The van der Waals surface area contributed by atoms with Gasteiger partial charge in [-0.1, -0.05) is 0 Å². The minimum Gasteiger partial charge on any atom is -0.466 e. The fraction of sp³-hybridized carbons (Fsp3) is 0.389. The van der Waals surface area contributed by atoms with E-state index in [0.717, 1.165) is 0 Å². The Balaban J connectivity index is 1.67. The lowest BCUT2D eigenvalue weighted by Crippen LogP contribution is -2.42. The molecule has 0 unspecified atom stereocenters. The second-order valence-corrected chi connectivity index (χ2v) is 7.04. The van der Waals surface area contributed by atoms with E-state index in [1.807, 2.05) is 0 Å². The topological polar surface area (TPSA) is 99.2 Å². The van der Waals surface area contributed by atoms with Gasteiger partial charge in [0.25, 0.3) is 0 Å². The van der Waals surface area contributed by atoms with Crippen LogP contribution in [-0.4, -0.2) is 41.7 Å². The molecule has 0 bridgehead atoms. The number of rotatable bonds is 5. The maximum Gasteiger partial charge on any atom is 0.341 e. The Morgan fingerprint density at radius 3 is 2.78 bits per heavy atom. The van der Waals surface area contributed by atoms with Crippen molar-refractivity contribution in [2.75, 3.05) is 12.9 Å². The molecule has 1 aliphatic heterocycles. The van der Waals surface area contributed by atoms with Gasteiger partial charge in [0.2, 0.25) is 5.91 Å². The van der Waals surface area contributed by atoms with Gasteiger partial charge in [-0.2, -0.15) is 0 Å². The van der Waals surface area contributed by atoms with Crippen LogP contribution < -0.4 is 0 Å². The maximum absolute atomic E-state index is 12.5. The molecule has 2 aromatic heterocycles. The first-order valence-corrected chi connectivity index (χ1v) is 9.25. The molecule has 2 aromatic rings. The zero-order valence-corrected chi connectivity index (χ0v) is 15.9. The van der Waals surface area contributed by atoms with Gasteiger partial charge in [-0.3, -0.25) is 4.79 Å². The van der Waals surface area contributed by atoms with E-state index >= 15 is 0 Å². The molecule has 1 fully saturated rings. The number of ether oxygens (including phenoxy) is 2. The fourth-order valence-electron chi connectivity index (χ4n) is 2.89. The zero-order chi connectivity index (χ0) is 19.6. The number of furan rings is 2. The molecular weight excluding hydrogens is 374 g/mol. The van der Waals surface area contributed by atoms with Gasteiger partial charge in [-0.25, -0.2) is 9.59 Å². The van der Waals surface area contributed by atoms with Crippen LogP contribution in [0.15, 0.2) is 33.3 Å². The molecule has 0 spiro atoms. The zero-order valence-electron chi connectivity index (χ0n) is 15.1. The third-order valence-corrected chi connectivity index (χ3v) is 5.44. The number of amides is 1.